The normalized spacial score (nSPS) is 2.67. The van der Waals surface area contributed by atoms with Gasteiger partial charge in [-0.2, -0.15) is 0 Å². The average molecular weight is 458 g/mol. The molecule has 1 radical (unpaired) electrons. The second-order valence-corrected chi connectivity index (χ2v) is 0.283. The first-order chi connectivity index (χ1) is 1.73. The van der Waals surface area contributed by atoms with Crippen molar-refractivity contribution in [2.75, 3.05) is 0 Å². The summed E-state index contributed by atoms with van der Waals surface area (Å²) in [5.74, 6) is 0. The summed E-state index contributed by atoms with van der Waals surface area (Å²) < 4.78 is 0. The molecule has 0 aromatic rings. The van der Waals surface area contributed by atoms with Crippen LogP contribution in [-0.2, 0) is 71.7 Å². The molecule has 0 saturated carbocycles. The van der Waals surface area contributed by atoms with Crippen molar-refractivity contribution < 1.29 is 86.7 Å². The first kappa shape index (κ1) is 41.1. The van der Waals surface area contributed by atoms with E-state index in [2.05, 4.69) is 0 Å². The topological polar surface area (TPSA) is 57.5 Å². The fourth-order valence-corrected chi connectivity index (χ4v) is 0. The second kappa shape index (κ2) is 30.9. The van der Waals surface area contributed by atoms with E-state index in [4.69, 9.17) is 15.0 Å². The molecule has 0 aromatic heterocycles. The molecule has 0 aliphatic carbocycles. The van der Waals surface area contributed by atoms with Crippen LogP contribution >= 0.6 is 0 Å². The minimum atomic E-state index is -1.83. The molecule has 0 aliphatic heterocycles. The van der Waals surface area contributed by atoms with Gasteiger partial charge in [0, 0.05) is 71.7 Å². The number of rotatable bonds is 0. The van der Waals surface area contributed by atoms with Crippen LogP contribution < -0.4 is 0 Å². The third-order valence-corrected chi connectivity index (χ3v) is 0. The Balaban J connectivity index is -0.00000000450. The largest absolute Gasteiger partial charge is 0 e. The molecule has 0 bridgehead atoms. The third-order valence-electron chi connectivity index (χ3n) is 0. The minimum absolute atomic E-state index is 0. The Morgan fingerprint density at radius 3 is 1.22 bits per heavy atom. The quantitative estimate of drug-likeness (QED) is 0.473. The van der Waals surface area contributed by atoms with Crippen LogP contribution in [0.4, 0.5) is 4.79 Å². The smallest absolute Gasteiger partial charge is 0 e. The van der Waals surface area contributed by atoms with Crippen LogP contribution in [0, 0.1) is 0 Å². The Morgan fingerprint density at radius 1 is 1.22 bits per heavy atom. The predicted octanol–water partition coefficient (Wildman–Crippen LogP) is -0.704. The maximum absolute atomic E-state index is 8.56. The zero-order valence-electron chi connectivity index (χ0n) is 3.27. The molecule has 2 N–H and O–H groups in total. The van der Waals surface area contributed by atoms with Crippen molar-refractivity contribution >= 4 is 43.9 Å². The second-order valence-electron chi connectivity index (χ2n) is 0.283. The van der Waals surface area contributed by atoms with Crippen molar-refractivity contribution in [2.45, 2.75) is 0 Å². The fraction of sp³-hybridized carbons (Fsp3) is 0. The van der Waals surface area contributed by atoms with Gasteiger partial charge in [0.25, 0.3) is 0 Å². The SMILES string of the molecule is O=C(O)O.[CaH2].[Co].[Cr].[Ni].[W]. The van der Waals surface area contributed by atoms with Crippen LogP contribution in [0.1, 0.15) is 0 Å². The molecular formula is CH4CaCoCrNiO3W. The monoisotopic (exact) mass is 457 g/mol. The maximum Gasteiger partial charge on any atom is 0 e. The van der Waals surface area contributed by atoms with Crippen molar-refractivity contribution in [2.24, 2.45) is 0 Å². The van der Waals surface area contributed by atoms with E-state index < -0.39 is 6.16 Å². The first-order valence-electron chi connectivity index (χ1n) is 0.651. The van der Waals surface area contributed by atoms with E-state index in [1.807, 2.05) is 0 Å². The number of hydrogen-bond donors (Lipinski definition) is 2. The Labute approximate surface area is 128 Å². The molecule has 9 heavy (non-hydrogen) atoms. The molecule has 8 heteroatoms. The molecule has 59 valence electrons. The van der Waals surface area contributed by atoms with E-state index in [0.717, 1.165) is 0 Å². The van der Waals surface area contributed by atoms with Gasteiger partial charge in [-0.25, -0.2) is 4.79 Å². The molecule has 0 fully saturated rings. The first-order valence-corrected chi connectivity index (χ1v) is 0.651. The molecule has 0 saturated heterocycles. The van der Waals surface area contributed by atoms with Crippen molar-refractivity contribution in [3.05, 3.63) is 0 Å². The Kier molecular flexibility index (Phi) is 141. The Bertz CT molecular complexity index is 46.8. The van der Waals surface area contributed by atoms with Crippen molar-refractivity contribution in [1.82, 2.24) is 0 Å². The minimum Gasteiger partial charge on any atom is 0 e. The van der Waals surface area contributed by atoms with Gasteiger partial charge in [-0.05, 0) is 0 Å². The van der Waals surface area contributed by atoms with Gasteiger partial charge in [0.05, 0.1) is 0 Å². The average Bonchev–Trinajstić information content (AvgIpc) is 0.811. The van der Waals surface area contributed by atoms with Crippen molar-refractivity contribution in [1.29, 1.82) is 0 Å². The summed E-state index contributed by atoms with van der Waals surface area (Å²) in [5.41, 5.74) is 0. The molecule has 0 rings (SSSR count). The van der Waals surface area contributed by atoms with Crippen molar-refractivity contribution in [3.63, 3.8) is 0 Å². The van der Waals surface area contributed by atoms with Crippen LogP contribution in [0.5, 0.6) is 0 Å². The van der Waals surface area contributed by atoms with Gasteiger partial charge >= 0.3 is 43.9 Å². The maximum atomic E-state index is 8.56. The van der Waals surface area contributed by atoms with Gasteiger partial charge in [0.1, 0.15) is 0 Å². The van der Waals surface area contributed by atoms with Crippen LogP contribution in [-0.4, -0.2) is 54.1 Å². The van der Waals surface area contributed by atoms with E-state index in [1.54, 1.807) is 0 Å². The summed E-state index contributed by atoms with van der Waals surface area (Å²) in [6, 6.07) is 0. The Hall–Kier alpha value is 2.75. The number of hydrogen-bond acceptors (Lipinski definition) is 1. The Morgan fingerprint density at radius 2 is 1.22 bits per heavy atom. The summed E-state index contributed by atoms with van der Waals surface area (Å²) in [6.45, 7) is 0. The molecule has 3 nitrogen and oxygen atoms in total. The molecule has 0 spiro atoms. The van der Waals surface area contributed by atoms with Gasteiger partial charge in [-0.1, -0.05) is 0 Å². The summed E-state index contributed by atoms with van der Waals surface area (Å²) in [5, 5.41) is 13.9. The predicted molar refractivity (Wildman–Crippen MR) is 19.2 cm³/mol. The number of carboxylic acid groups (broad SMARTS) is 2. The van der Waals surface area contributed by atoms with E-state index in [9.17, 15) is 0 Å². The standard InChI is InChI=1S/CH2O3.Ca.Co.Cr.Ni.W.2H/c2-1(3)4;;;;;;;/h(H2,2,3,4);;;;;;;. The van der Waals surface area contributed by atoms with Crippen LogP contribution in [0.25, 0.3) is 0 Å². The molecule has 0 aromatic carbocycles. The van der Waals surface area contributed by atoms with Crippen LogP contribution in [0.15, 0.2) is 0 Å². The molecular weight excluding hydrogens is 454 g/mol. The fourth-order valence-electron chi connectivity index (χ4n) is 0. The summed E-state index contributed by atoms with van der Waals surface area (Å²) in [6.07, 6.45) is -1.83. The summed E-state index contributed by atoms with van der Waals surface area (Å²) in [4.78, 5) is 8.56. The molecule has 0 unspecified atom stereocenters. The molecule has 0 amide bonds. The molecule has 0 atom stereocenters. The van der Waals surface area contributed by atoms with Crippen molar-refractivity contribution in [3.8, 4) is 0 Å². The van der Waals surface area contributed by atoms with Gasteiger partial charge in [-0.3, -0.25) is 0 Å². The summed E-state index contributed by atoms with van der Waals surface area (Å²) >= 11 is 0. The summed E-state index contributed by atoms with van der Waals surface area (Å²) in [7, 11) is 0. The zero-order chi connectivity index (χ0) is 3.58. The van der Waals surface area contributed by atoms with Gasteiger partial charge in [0.2, 0.25) is 0 Å². The third kappa shape index (κ3) is 109. The molecule has 0 heterocycles. The van der Waals surface area contributed by atoms with E-state index in [-0.39, 0.29) is 109 Å². The van der Waals surface area contributed by atoms with Gasteiger partial charge in [-0.15, -0.1) is 0 Å². The van der Waals surface area contributed by atoms with Crippen LogP contribution in [0.3, 0.4) is 0 Å². The van der Waals surface area contributed by atoms with Gasteiger partial charge in [0.15, 0.2) is 0 Å². The number of carbonyl (C=O) groups is 1. The zero-order valence-corrected chi connectivity index (χ0v) is 9.51. The van der Waals surface area contributed by atoms with E-state index in [1.165, 1.54) is 0 Å². The molecule has 0 aliphatic rings. The van der Waals surface area contributed by atoms with E-state index in [0.29, 0.717) is 0 Å². The van der Waals surface area contributed by atoms with Gasteiger partial charge < -0.3 is 10.2 Å². The van der Waals surface area contributed by atoms with E-state index >= 15 is 0 Å². The van der Waals surface area contributed by atoms with Crippen LogP contribution in [0.2, 0.25) is 0 Å².